The maximum Gasteiger partial charge on any atom is 0.203 e. The molecule has 1 aromatic rings. The summed E-state index contributed by atoms with van der Waals surface area (Å²) in [4.78, 5) is 12.5. The molecule has 1 rings (SSSR count). The van der Waals surface area contributed by atoms with Gasteiger partial charge in [0.25, 0.3) is 0 Å². The van der Waals surface area contributed by atoms with Crippen molar-refractivity contribution in [1.82, 2.24) is 0 Å². The van der Waals surface area contributed by atoms with E-state index in [0.717, 1.165) is 32.2 Å². The largest absolute Gasteiger partial charge is 0.342 e. The molecule has 0 heterocycles. The molecule has 0 aliphatic heterocycles. The highest BCUT2D eigenvalue weighted by Crippen LogP contribution is 2.26. The van der Waals surface area contributed by atoms with Crippen LogP contribution in [0.2, 0.25) is 0 Å². The summed E-state index contributed by atoms with van der Waals surface area (Å²) >= 11 is 0. The molecule has 0 atom stereocenters. The molecule has 0 spiro atoms. The molecule has 4 heteroatoms. The third-order valence-electron chi connectivity index (χ3n) is 4.08. The second-order valence-corrected chi connectivity index (χ2v) is 6.53. The molecule has 0 unspecified atom stereocenters. The number of hydrogen-bond acceptors (Lipinski definition) is 3. The van der Waals surface area contributed by atoms with Crippen LogP contribution in [0.25, 0.3) is 0 Å². The van der Waals surface area contributed by atoms with Crippen LogP contribution in [0, 0.1) is 23.0 Å². The van der Waals surface area contributed by atoms with Gasteiger partial charge < -0.3 is 4.90 Å². The van der Waals surface area contributed by atoms with Crippen LogP contribution in [0.3, 0.4) is 0 Å². The fourth-order valence-corrected chi connectivity index (χ4v) is 2.84. The van der Waals surface area contributed by atoms with E-state index in [-0.39, 0.29) is 11.5 Å². The van der Waals surface area contributed by atoms with Gasteiger partial charge in [-0.05, 0) is 50.8 Å². The van der Waals surface area contributed by atoms with Crippen LogP contribution in [-0.4, -0.2) is 18.0 Å². The first kappa shape index (κ1) is 33.1. The predicted molar refractivity (Wildman–Crippen MR) is 139 cm³/mol. The van der Waals surface area contributed by atoms with Crippen LogP contribution in [-0.2, 0) is 6.42 Å². The molecular weight excluding hydrogens is 384 g/mol. The van der Waals surface area contributed by atoms with E-state index in [1.165, 1.54) is 23.4 Å². The van der Waals surface area contributed by atoms with E-state index in [1.807, 2.05) is 20.8 Å². The molecule has 0 aliphatic rings. The molecule has 1 aromatic carbocycles. The van der Waals surface area contributed by atoms with Crippen LogP contribution < -0.4 is 4.90 Å². The van der Waals surface area contributed by atoms with Crippen LogP contribution in [0.5, 0.6) is 0 Å². The maximum atomic E-state index is 10.4. The fraction of sp³-hybridized carbons (Fsp3) is 0.556. The Kier molecular flexibility index (Phi) is 27.2. The van der Waals surface area contributed by atoms with Gasteiger partial charge >= 0.3 is 0 Å². The summed E-state index contributed by atoms with van der Waals surface area (Å²) in [5.74, 6) is 0. The number of rotatable bonds is 11. The quantitative estimate of drug-likeness (QED) is 0.117. The summed E-state index contributed by atoms with van der Waals surface area (Å²) in [7, 11) is 0. The van der Waals surface area contributed by atoms with Crippen molar-refractivity contribution in [3.05, 3.63) is 63.9 Å². The molecular formula is C27H46N2O2. The molecule has 0 bridgehead atoms. The van der Waals surface area contributed by atoms with E-state index in [4.69, 9.17) is 0 Å². The summed E-state index contributed by atoms with van der Waals surface area (Å²) in [6.07, 6.45) is 20.2. The zero-order chi connectivity index (χ0) is 24.5. The van der Waals surface area contributed by atoms with Gasteiger partial charge in [-0.15, -0.1) is 12.8 Å². The van der Waals surface area contributed by atoms with Gasteiger partial charge in [-0.1, -0.05) is 77.8 Å². The van der Waals surface area contributed by atoms with E-state index in [9.17, 15) is 10.1 Å². The smallest absolute Gasteiger partial charge is 0.203 e. The molecule has 0 amide bonds. The maximum absolute atomic E-state index is 10.4. The second kappa shape index (κ2) is 25.5. The molecule has 0 fully saturated rings. The Morgan fingerprint density at radius 1 is 1.03 bits per heavy atom. The van der Waals surface area contributed by atoms with Gasteiger partial charge in [-0.3, -0.25) is 10.1 Å². The van der Waals surface area contributed by atoms with E-state index in [1.54, 1.807) is 0 Å². The lowest BCUT2D eigenvalue weighted by atomic mass is 10.1. The Hall–Kier alpha value is -2.54. The summed E-state index contributed by atoms with van der Waals surface area (Å²) in [6, 6.07) is 8.53. The highest BCUT2D eigenvalue weighted by Gasteiger charge is 2.12. The number of terminal acetylenes is 1. The second-order valence-electron chi connectivity index (χ2n) is 6.53. The average molecular weight is 431 g/mol. The van der Waals surface area contributed by atoms with Gasteiger partial charge in [-0.25, -0.2) is 0 Å². The number of unbranched alkanes of at least 4 members (excludes halogenated alkanes) is 3. The van der Waals surface area contributed by atoms with Crippen molar-refractivity contribution in [2.24, 2.45) is 0 Å². The van der Waals surface area contributed by atoms with Crippen LogP contribution in [0.4, 0.5) is 5.69 Å². The standard InChI is InChI=1S/C20H30N2O2.C3H8.C2H6.C2H2/c1-4-13-19(6-3)21(16-11-7-8-12-17-22(23)24)20-15-10-9-14-18(20)5-2;1-3-2;2*1-2/h4,6,9-10,13-15H,5,7-8,11-12,16-17H2,1-3H3;3H2,1-2H3;1-2H3;1-2H/b13-4-,19-6+;;;. The monoisotopic (exact) mass is 430 g/mol. The molecule has 4 nitrogen and oxygen atoms in total. The van der Waals surface area contributed by atoms with Crippen molar-refractivity contribution in [3.63, 3.8) is 0 Å². The van der Waals surface area contributed by atoms with Gasteiger partial charge in [0.2, 0.25) is 6.54 Å². The summed E-state index contributed by atoms with van der Waals surface area (Å²) in [5.41, 5.74) is 3.80. The zero-order valence-electron chi connectivity index (χ0n) is 21.1. The zero-order valence-corrected chi connectivity index (χ0v) is 21.1. The van der Waals surface area contributed by atoms with Gasteiger partial charge in [0.15, 0.2) is 0 Å². The highest BCUT2D eigenvalue weighted by molar-refractivity contribution is 5.59. The minimum atomic E-state index is -0.228. The van der Waals surface area contributed by atoms with Gasteiger partial charge in [0.1, 0.15) is 0 Å². The Morgan fingerprint density at radius 3 is 2.06 bits per heavy atom. The lowest BCUT2D eigenvalue weighted by Gasteiger charge is -2.28. The van der Waals surface area contributed by atoms with Crippen molar-refractivity contribution >= 4 is 5.69 Å². The van der Waals surface area contributed by atoms with Crippen LogP contribution >= 0.6 is 0 Å². The molecule has 0 saturated heterocycles. The summed E-state index contributed by atoms with van der Waals surface area (Å²) in [5, 5.41) is 10.4. The SMILES string of the molecule is C#C.C/C=C\C(=C/C)N(CCCCCC[N+](=O)[O-])c1ccccc1CC.CC.CCC. The highest BCUT2D eigenvalue weighted by atomic mass is 16.6. The van der Waals surface area contributed by atoms with Crippen molar-refractivity contribution in [2.45, 2.75) is 87.0 Å². The lowest BCUT2D eigenvalue weighted by molar-refractivity contribution is -0.480. The van der Waals surface area contributed by atoms with Crippen molar-refractivity contribution in [2.75, 3.05) is 18.0 Å². The van der Waals surface area contributed by atoms with E-state index < -0.39 is 0 Å². The first-order valence-electron chi connectivity index (χ1n) is 11.6. The lowest BCUT2D eigenvalue weighted by Crippen LogP contribution is -2.24. The molecule has 0 aromatic heterocycles. The number of hydrogen-bond donors (Lipinski definition) is 0. The van der Waals surface area contributed by atoms with Gasteiger partial charge in [-0.2, -0.15) is 0 Å². The van der Waals surface area contributed by atoms with Crippen LogP contribution in [0.1, 0.15) is 86.1 Å². The molecule has 0 N–H and O–H groups in total. The number of allylic oxidation sites excluding steroid dienone is 3. The van der Waals surface area contributed by atoms with Crippen LogP contribution in [0.15, 0.2) is 48.2 Å². The minimum absolute atomic E-state index is 0.0844. The summed E-state index contributed by atoms with van der Waals surface area (Å²) in [6.45, 7) is 15.5. The number of benzene rings is 1. The van der Waals surface area contributed by atoms with Crippen molar-refractivity contribution in [1.29, 1.82) is 0 Å². The molecule has 31 heavy (non-hydrogen) atoms. The van der Waals surface area contributed by atoms with Crippen molar-refractivity contribution in [3.8, 4) is 12.8 Å². The van der Waals surface area contributed by atoms with E-state index in [2.05, 4.69) is 87.9 Å². The predicted octanol–water partition coefficient (Wildman–Crippen LogP) is 8.06. The van der Waals surface area contributed by atoms with E-state index in [0.29, 0.717) is 6.42 Å². The first-order chi connectivity index (χ1) is 15.0. The number of anilines is 1. The third-order valence-corrected chi connectivity index (χ3v) is 4.08. The Labute approximate surface area is 192 Å². The summed E-state index contributed by atoms with van der Waals surface area (Å²) < 4.78 is 0. The Morgan fingerprint density at radius 2 is 1.58 bits per heavy atom. The van der Waals surface area contributed by atoms with Crippen molar-refractivity contribution < 1.29 is 4.92 Å². The molecule has 0 saturated carbocycles. The number of nitrogens with zero attached hydrogens (tertiary/aromatic N) is 2. The Bertz CT molecular complexity index is 619. The van der Waals surface area contributed by atoms with Gasteiger partial charge in [0.05, 0.1) is 0 Å². The first-order valence-corrected chi connectivity index (χ1v) is 11.6. The third kappa shape index (κ3) is 16.9. The van der Waals surface area contributed by atoms with Gasteiger partial charge in [0, 0.05) is 29.3 Å². The normalized spacial score (nSPS) is 10.0. The number of para-hydroxylation sites is 1. The topological polar surface area (TPSA) is 46.4 Å². The Balaban J connectivity index is -0.000000999. The van der Waals surface area contributed by atoms with E-state index >= 15 is 0 Å². The fourth-order valence-electron chi connectivity index (χ4n) is 2.84. The number of aryl methyl sites for hydroxylation is 1. The molecule has 176 valence electrons. The number of nitro groups is 1. The minimum Gasteiger partial charge on any atom is -0.342 e. The molecule has 0 radical (unpaired) electrons. The average Bonchev–Trinajstić information content (AvgIpc) is 2.80. The molecule has 0 aliphatic carbocycles.